The first-order chi connectivity index (χ1) is 15.2. The highest BCUT2D eigenvalue weighted by Crippen LogP contribution is 2.22. The minimum Gasteiger partial charge on any atom is -0.451 e. The third-order valence-electron chi connectivity index (χ3n) is 4.64. The Bertz CT molecular complexity index is 1180. The number of nitrogens with one attached hydrogen (secondary N) is 1. The van der Waals surface area contributed by atoms with Gasteiger partial charge in [0.05, 0.1) is 16.2 Å². The summed E-state index contributed by atoms with van der Waals surface area (Å²) in [6.07, 6.45) is 2.35. The molecule has 1 aromatic carbocycles. The highest BCUT2D eigenvalue weighted by molar-refractivity contribution is 6.00. The number of carbonyl (C=O) groups excluding carboxylic acids is 2. The van der Waals surface area contributed by atoms with Gasteiger partial charge >= 0.3 is 5.97 Å². The Kier molecular flexibility index (Phi) is 7.86. The van der Waals surface area contributed by atoms with Crippen LogP contribution in [-0.2, 0) is 20.9 Å². The number of esters is 1. The molecule has 2 aromatic rings. The van der Waals surface area contributed by atoms with Gasteiger partial charge in [0.2, 0.25) is 0 Å². The zero-order valence-corrected chi connectivity index (χ0v) is 17.8. The molecule has 1 N–H and O–H groups in total. The van der Waals surface area contributed by atoms with Crippen LogP contribution >= 0.6 is 0 Å². The highest BCUT2D eigenvalue weighted by atomic mass is 16.6. The number of ether oxygens (including phenoxy) is 1. The molecule has 0 aliphatic rings. The zero-order valence-electron chi connectivity index (χ0n) is 17.8. The van der Waals surface area contributed by atoms with E-state index in [1.165, 1.54) is 12.1 Å². The summed E-state index contributed by atoms with van der Waals surface area (Å²) in [4.78, 5) is 34.5. The van der Waals surface area contributed by atoms with Crippen LogP contribution in [0, 0.1) is 46.6 Å². The second kappa shape index (κ2) is 10.5. The molecule has 0 aliphatic carbocycles. The summed E-state index contributed by atoms with van der Waals surface area (Å²) in [6, 6.07) is 8.77. The molecule has 164 valence electrons. The summed E-state index contributed by atoms with van der Waals surface area (Å²) < 4.78 is 7.00. The summed E-state index contributed by atoms with van der Waals surface area (Å²) in [5, 5.41) is 31.6. The Balaban J connectivity index is 2.08. The second-order valence-electron chi connectivity index (χ2n) is 6.87. The van der Waals surface area contributed by atoms with Crippen molar-refractivity contribution in [3.05, 3.63) is 62.5 Å². The fourth-order valence-corrected chi connectivity index (χ4v) is 3.08. The van der Waals surface area contributed by atoms with Crippen molar-refractivity contribution >= 4 is 29.3 Å². The van der Waals surface area contributed by atoms with Gasteiger partial charge in [0, 0.05) is 30.1 Å². The van der Waals surface area contributed by atoms with Gasteiger partial charge in [0.25, 0.3) is 11.6 Å². The Morgan fingerprint density at radius 3 is 2.59 bits per heavy atom. The van der Waals surface area contributed by atoms with Crippen LogP contribution in [-0.4, -0.2) is 28.0 Å². The summed E-state index contributed by atoms with van der Waals surface area (Å²) >= 11 is 0. The molecular weight excluding hydrogens is 414 g/mol. The maximum atomic E-state index is 12.3. The van der Waals surface area contributed by atoms with Crippen molar-refractivity contribution in [2.24, 2.45) is 0 Å². The maximum Gasteiger partial charge on any atom is 0.349 e. The second-order valence-corrected chi connectivity index (χ2v) is 6.87. The number of nitro groups is 1. The molecule has 0 aliphatic heterocycles. The van der Waals surface area contributed by atoms with Crippen molar-refractivity contribution in [3.8, 4) is 12.1 Å². The van der Waals surface area contributed by atoms with Gasteiger partial charge in [-0.1, -0.05) is 6.92 Å². The molecule has 0 atom stereocenters. The van der Waals surface area contributed by atoms with Gasteiger partial charge in [0.1, 0.15) is 17.7 Å². The number of anilines is 1. The van der Waals surface area contributed by atoms with E-state index in [1.807, 2.05) is 26.8 Å². The normalized spacial score (nSPS) is 10.7. The fraction of sp³-hybridized carbons (Fsp3) is 0.273. The number of benzene rings is 1. The van der Waals surface area contributed by atoms with Gasteiger partial charge in [-0.15, -0.1) is 0 Å². The summed E-state index contributed by atoms with van der Waals surface area (Å²) in [7, 11) is 0. The lowest BCUT2D eigenvalue weighted by Crippen LogP contribution is -2.21. The number of nitro benzene ring substituents is 1. The van der Waals surface area contributed by atoms with E-state index in [1.54, 1.807) is 12.1 Å². The zero-order chi connectivity index (χ0) is 23.8. The van der Waals surface area contributed by atoms with E-state index >= 15 is 0 Å². The lowest BCUT2D eigenvalue weighted by Gasteiger charge is -2.08. The van der Waals surface area contributed by atoms with Crippen LogP contribution in [0.25, 0.3) is 6.08 Å². The Hall–Kier alpha value is -4.44. The van der Waals surface area contributed by atoms with Crippen molar-refractivity contribution in [3.63, 3.8) is 0 Å². The number of rotatable bonds is 8. The number of nitriles is 2. The monoisotopic (exact) mass is 435 g/mol. The SMILES string of the molecule is CCCn1c(C)cc(/C=C(\C#N)C(=O)OCC(=O)Nc2ccc([N+](=O)[O-])cc2C#N)c1C. The van der Waals surface area contributed by atoms with E-state index in [2.05, 4.69) is 9.88 Å². The number of hydrogen-bond acceptors (Lipinski definition) is 7. The Labute approximate surface area is 184 Å². The first-order valence-corrected chi connectivity index (χ1v) is 9.65. The molecule has 0 unspecified atom stereocenters. The summed E-state index contributed by atoms with van der Waals surface area (Å²) in [5.74, 6) is -1.73. The number of amides is 1. The molecule has 0 spiro atoms. The molecule has 0 bridgehead atoms. The molecule has 1 heterocycles. The minimum atomic E-state index is -0.966. The molecule has 2 rings (SSSR count). The lowest BCUT2D eigenvalue weighted by molar-refractivity contribution is -0.384. The van der Waals surface area contributed by atoms with Crippen molar-refractivity contribution in [1.29, 1.82) is 10.5 Å². The van der Waals surface area contributed by atoms with Gasteiger partial charge < -0.3 is 14.6 Å². The smallest absolute Gasteiger partial charge is 0.349 e. The average molecular weight is 435 g/mol. The maximum absolute atomic E-state index is 12.3. The number of aromatic nitrogens is 1. The van der Waals surface area contributed by atoms with Crippen molar-refractivity contribution in [1.82, 2.24) is 4.57 Å². The molecule has 10 heteroatoms. The van der Waals surface area contributed by atoms with E-state index < -0.39 is 23.4 Å². The number of nitrogens with zero attached hydrogens (tertiary/aromatic N) is 4. The van der Waals surface area contributed by atoms with Gasteiger partial charge in [0.15, 0.2) is 6.61 Å². The van der Waals surface area contributed by atoms with Crippen LogP contribution in [0.4, 0.5) is 11.4 Å². The molecule has 1 amide bonds. The van der Waals surface area contributed by atoms with Crippen LogP contribution in [0.1, 0.15) is 35.9 Å². The molecular formula is C22H21N5O5. The van der Waals surface area contributed by atoms with E-state index in [0.717, 1.165) is 36.5 Å². The third-order valence-corrected chi connectivity index (χ3v) is 4.64. The quantitative estimate of drug-likeness (QED) is 0.219. The standard InChI is InChI=1S/C22H21N5O5/c1-4-7-26-14(2)8-16(15(26)3)9-18(12-24)22(29)32-13-21(28)25-20-6-5-19(27(30)31)10-17(20)11-23/h5-6,8-10H,4,7,13H2,1-3H3,(H,25,28)/b18-9+. The van der Waals surface area contributed by atoms with Gasteiger partial charge in [-0.25, -0.2) is 4.79 Å². The van der Waals surface area contributed by atoms with Crippen LogP contribution in [0.15, 0.2) is 29.8 Å². The van der Waals surface area contributed by atoms with Crippen LogP contribution in [0.2, 0.25) is 0 Å². The number of aryl methyl sites for hydroxylation is 1. The number of hydrogen-bond donors (Lipinski definition) is 1. The fourth-order valence-electron chi connectivity index (χ4n) is 3.08. The lowest BCUT2D eigenvalue weighted by atomic mass is 10.1. The van der Waals surface area contributed by atoms with Gasteiger partial charge in [-0.3, -0.25) is 14.9 Å². The molecule has 0 radical (unpaired) electrons. The predicted octanol–water partition coefficient (Wildman–Crippen LogP) is 3.38. The first kappa shape index (κ1) is 23.8. The minimum absolute atomic E-state index is 0.0403. The third kappa shape index (κ3) is 5.58. The van der Waals surface area contributed by atoms with Crippen molar-refractivity contribution in [2.75, 3.05) is 11.9 Å². The van der Waals surface area contributed by atoms with E-state index in [9.17, 15) is 25.0 Å². The molecule has 0 fully saturated rings. The van der Waals surface area contributed by atoms with E-state index in [0.29, 0.717) is 5.56 Å². The van der Waals surface area contributed by atoms with Gasteiger partial charge in [-0.2, -0.15) is 10.5 Å². The summed E-state index contributed by atoms with van der Waals surface area (Å²) in [6.45, 7) is 5.98. The largest absolute Gasteiger partial charge is 0.451 e. The highest BCUT2D eigenvalue weighted by Gasteiger charge is 2.17. The van der Waals surface area contributed by atoms with Crippen LogP contribution < -0.4 is 5.32 Å². The molecule has 32 heavy (non-hydrogen) atoms. The van der Waals surface area contributed by atoms with Crippen molar-refractivity contribution < 1.29 is 19.2 Å². The molecule has 0 saturated heterocycles. The Morgan fingerprint density at radius 1 is 1.28 bits per heavy atom. The average Bonchev–Trinajstić information content (AvgIpc) is 3.03. The first-order valence-electron chi connectivity index (χ1n) is 9.65. The van der Waals surface area contributed by atoms with E-state index in [4.69, 9.17) is 10.00 Å². The Morgan fingerprint density at radius 2 is 2.00 bits per heavy atom. The van der Waals surface area contributed by atoms with Crippen LogP contribution in [0.3, 0.4) is 0 Å². The van der Waals surface area contributed by atoms with Crippen molar-refractivity contribution in [2.45, 2.75) is 33.7 Å². The van der Waals surface area contributed by atoms with Crippen LogP contribution in [0.5, 0.6) is 0 Å². The predicted molar refractivity (Wildman–Crippen MR) is 115 cm³/mol. The number of non-ortho nitro benzene ring substituents is 1. The molecule has 10 nitrogen and oxygen atoms in total. The van der Waals surface area contributed by atoms with Gasteiger partial charge in [-0.05, 0) is 44.0 Å². The number of carbonyl (C=O) groups is 2. The molecule has 0 saturated carbocycles. The van der Waals surface area contributed by atoms with E-state index in [-0.39, 0.29) is 22.5 Å². The topological polar surface area (TPSA) is 151 Å². The molecule has 1 aromatic heterocycles. The summed E-state index contributed by atoms with van der Waals surface area (Å²) in [5.41, 5.74) is 1.98.